The molecule has 2 unspecified atom stereocenters. The largest absolute Gasteiger partial charge is 0.386 e. The fourth-order valence-corrected chi connectivity index (χ4v) is 2.74. The van der Waals surface area contributed by atoms with Crippen molar-refractivity contribution in [1.29, 1.82) is 5.41 Å². The molecule has 1 heterocycles. The van der Waals surface area contributed by atoms with Crippen LogP contribution in [0.15, 0.2) is 0 Å². The van der Waals surface area contributed by atoms with Crippen LogP contribution in [0.25, 0.3) is 0 Å². The van der Waals surface area contributed by atoms with E-state index in [0.717, 1.165) is 18.3 Å². The first-order valence-corrected chi connectivity index (χ1v) is 5.89. The Morgan fingerprint density at radius 1 is 1.77 bits per heavy atom. The van der Waals surface area contributed by atoms with Gasteiger partial charge in [0.1, 0.15) is 5.84 Å². The maximum absolute atomic E-state index is 7.39. The van der Waals surface area contributed by atoms with Gasteiger partial charge in [0, 0.05) is 24.1 Å². The van der Waals surface area contributed by atoms with Crippen molar-refractivity contribution in [2.75, 3.05) is 18.8 Å². The van der Waals surface area contributed by atoms with Gasteiger partial charge in [0.25, 0.3) is 0 Å². The molecule has 1 aliphatic heterocycles. The second-order valence-corrected chi connectivity index (χ2v) is 4.94. The van der Waals surface area contributed by atoms with E-state index in [-0.39, 0.29) is 6.04 Å². The number of amidine groups is 1. The zero-order valence-corrected chi connectivity index (χ0v) is 9.23. The van der Waals surface area contributed by atoms with Crippen molar-refractivity contribution in [3.05, 3.63) is 0 Å². The summed E-state index contributed by atoms with van der Waals surface area (Å²) in [6.45, 7) is 6.40. The zero-order chi connectivity index (χ0) is 9.84. The molecule has 76 valence electrons. The van der Waals surface area contributed by atoms with Crippen molar-refractivity contribution in [3.63, 3.8) is 0 Å². The summed E-state index contributed by atoms with van der Waals surface area (Å²) in [5, 5.41) is 8.12. The minimum atomic E-state index is 0.120. The Hall–Kier alpha value is -0.220. The van der Waals surface area contributed by atoms with Gasteiger partial charge in [0.15, 0.2) is 0 Å². The lowest BCUT2D eigenvalue weighted by Crippen LogP contribution is -2.48. The summed E-state index contributed by atoms with van der Waals surface area (Å²) in [7, 11) is 0. The summed E-state index contributed by atoms with van der Waals surface area (Å²) >= 11 is 2.04. The fourth-order valence-electron chi connectivity index (χ4n) is 1.54. The molecule has 0 aromatic carbocycles. The van der Waals surface area contributed by atoms with E-state index in [2.05, 4.69) is 11.8 Å². The lowest BCUT2D eigenvalue weighted by molar-refractivity contribution is 0.259. The highest BCUT2D eigenvalue weighted by Crippen LogP contribution is 2.22. The molecule has 2 atom stereocenters. The second-order valence-electron chi connectivity index (χ2n) is 3.53. The van der Waals surface area contributed by atoms with E-state index in [1.54, 1.807) is 0 Å². The van der Waals surface area contributed by atoms with Gasteiger partial charge in [-0.15, -0.1) is 0 Å². The minimum Gasteiger partial charge on any atom is -0.386 e. The van der Waals surface area contributed by atoms with Crippen LogP contribution in [0, 0.1) is 5.41 Å². The van der Waals surface area contributed by atoms with E-state index in [1.807, 2.05) is 18.7 Å². The third kappa shape index (κ3) is 2.88. The maximum Gasteiger partial charge on any atom is 0.108 e. The average molecular weight is 201 g/mol. The van der Waals surface area contributed by atoms with Gasteiger partial charge in [0.05, 0.1) is 6.04 Å². The van der Waals surface area contributed by atoms with Crippen LogP contribution >= 0.6 is 11.8 Å². The second kappa shape index (κ2) is 4.86. The molecule has 0 amide bonds. The molecule has 13 heavy (non-hydrogen) atoms. The summed E-state index contributed by atoms with van der Waals surface area (Å²) < 4.78 is 0. The first-order valence-electron chi connectivity index (χ1n) is 4.84. The predicted molar refractivity (Wildman–Crippen MR) is 59.5 cm³/mol. The minimum absolute atomic E-state index is 0.120. The van der Waals surface area contributed by atoms with Crippen molar-refractivity contribution >= 4 is 17.6 Å². The average Bonchev–Trinajstić information content (AvgIpc) is 2.16. The Morgan fingerprint density at radius 2 is 2.46 bits per heavy atom. The molecule has 1 rings (SSSR count). The van der Waals surface area contributed by atoms with Crippen LogP contribution in [0.3, 0.4) is 0 Å². The molecule has 0 saturated carbocycles. The molecule has 0 aromatic heterocycles. The molecule has 0 aromatic rings. The Kier molecular flexibility index (Phi) is 4.06. The normalized spacial score (nSPS) is 27.1. The highest BCUT2D eigenvalue weighted by atomic mass is 32.2. The quantitative estimate of drug-likeness (QED) is 0.532. The predicted octanol–water partition coefficient (Wildman–Crippen LogP) is 1.14. The highest BCUT2D eigenvalue weighted by Gasteiger charge is 2.23. The number of thioether (sulfide) groups is 1. The van der Waals surface area contributed by atoms with Gasteiger partial charge >= 0.3 is 0 Å². The summed E-state index contributed by atoms with van der Waals surface area (Å²) in [6.07, 6.45) is 1.21. The number of nitrogens with one attached hydrogen (secondary N) is 1. The first kappa shape index (κ1) is 10.9. The van der Waals surface area contributed by atoms with Crippen LogP contribution < -0.4 is 5.73 Å². The summed E-state index contributed by atoms with van der Waals surface area (Å²) in [5.74, 6) is 1.47. The third-order valence-electron chi connectivity index (χ3n) is 2.62. The summed E-state index contributed by atoms with van der Waals surface area (Å²) in [5.41, 5.74) is 5.49. The number of hydrogen-bond donors (Lipinski definition) is 2. The van der Waals surface area contributed by atoms with Gasteiger partial charge in [-0.05, 0) is 13.3 Å². The zero-order valence-electron chi connectivity index (χ0n) is 8.42. The molecule has 1 saturated heterocycles. The molecular weight excluding hydrogens is 182 g/mol. The lowest BCUT2D eigenvalue weighted by atomic mass is 10.2. The summed E-state index contributed by atoms with van der Waals surface area (Å²) in [4.78, 5) is 2.31. The van der Waals surface area contributed by atoms with E-state index in [4.69, 9.17) is 11.1 Å². The van der Waals surface area contributed by atoms with Gasteiger partial charge in [-0.1, -0.05) is 6.92 Å². The molecule has 0 bridgehead atoms. The number of hydrogen-bond acceptors (Lipinski definition) is 3. The van der Waals surface area contributed by atoms with Crippen LogP contribution in [0.5, 0.6) is 0 Å². The number of rotatable bonds is 3. The molecule has 1 fully saturated rings. The standard InChI is InChI=1S/C9H19N3S/c1-3-8-6-12(4-5-13-8)7(2)9(10)11/h7-8H,3-6H2,1-2H3,(H3,10,11). The van der Waals surface area contributed by atoms with Gasteiger partial charge in [0.2, 0.25) is 0 Å². The van der Waals surface area contributed by atoms with Crippen molar-refractivity contribution in [2.45, 2.75) is 31.6 Å². The topological polar surface area (TPSA) is 53.1 Å². The van der Waals surface area contributed by atoms with Crippen LogP contribution in [0.2, 0.25) is 0 Å². The van der Waals surface area contributed by atoms with Crippen LogP contribution in [0.1, 0.15) is 20.3 Å². The smallest absolute Gasteiger partial charge is 0.108 e. The van der Waals surface area contributed by atoms with Gasteiger partial charge in [-0.2, -0.15) is 11.8 Å². The molecule has 0 aliphatic carbocycles. The van der Waals surface area contributed by atoms with E-state index < -0.39 is 0 Å². The first-order chi connectivity index (χ1) is 6.15. The van der Waals surface area contributed by atoms with Crippen molar-refractivity contribution in [1.82, 2.24) is 4.90 Å². The fraction of sp³-hybridized carbons (Fsp3) is 0.889. The third-order valence-corrected chi connectivity index (χ3v) is 4.00. The monoisotopic (exact) mass is 201 g/mol. The van der Waals surface area contributed by atoms with Crippen LogP contribution in [-0.2, 0) is 0 Å². The van der Waals surface area contributed by atoms with E-state index in [0.29, 0.717) is 5.84 Å². The molecule has 4 heteroatoms. The van der Waals surface area contributed by atoms with Gasteiger partial charge < -0.3 is 5.73 Å². The molecule has 3 nitrogen and oxygen atoms in total. The summed E-state index contributed by atoms with van der Waals surface area (Å²) in [6, 6.07) is 0.120. The van der Waals surface area contributed by atoms with Crippen molar-refractivity contribution in [2.24, 2.45) is 5.73 Å². The molecule has 1 aliphatic rings. The Labute approximate surface area is 84.6 Å². The van der Waals surface area contributed by atoms with E-state index in [1.165, 1.54) is 12.2 Å². The van der Waals surface area contributed by atoms with Crippen molar-refractivity contribution in [3.8, 4) is 0 Å². The van der Waals surface area contributed by atoms with E-state index >= 15 is 0 Å². The Balaban J connectivity index is 2.46. The molecule has 0 spiro atoms. The van der Waals surface area contributed by atoms with Crippen LogP contribution in [-0.4, -0.2) is 40.9 Å². The van der Waals surface area contributed by atoms with Crippen molar-refractivity contribution < 1.29 is 0 Å². The number of nitrogens with zero attached hydrogens (tertiary/aromatic N) is 1. The van der Waals surface area contributed by atoms with Gasteiger partial charge in [-0.25, -0.2) is 0 Å². The van der Waals surface area contributed by atoms with Crippen LogP contribution in [0.4, 0.5) is 0 Å². The lowest BCUT2D eigenvalue weighted by Gasteiger charge is -2.35. The molecular formula is C9H19N3S. The SMILES string of the molecule is CCC1CN(C(C)C(=N)N)CCS1. The number of nitrogens with two attached hydrogens (primary N) is 1. The molecule has 3 N–H and O–H groups in total. The Morgan fingerprint density at radius 3 is 3.00 bits per heavy atom. The maximum atomic E-state index is 7.39. The van der Waals surface area contributed by atoms with E-state index in [9.17, 15) is 0 Å². The highest BCUT2D eigenvalue weighted by molar-refractivity contribution is 8.00. The molecule has 0 radical (unpaired) electrons. The van der Waals surface area contributed by atoms with Gasteiger partial charge in [-0.3, -0.25) is 10.3 Å². The Bertz CT molecular complexity index is 184.